The predicted octanol–water partition coefficient (Wildman–Crippen LogP) is 6.77. The van der Waals surface area contributed by atoms with Gasteiger partial charge in [0, 0.05) is 28.2 Å². The maximum Gasteiger partial charge on any atom is 0.175 e. The molecule has 1 aliphatic rings. The third-order valence-corrected chi connectivity index (χ3v) is 6.04. The molecule has 1 N–H and O–H groups in total. The average Bonchev–Trinajstić information content (AvgIpc) is 3.15. The van der Waals surface area contributed by atoms with Crippen LogP contribution in [0.4, 0.5) is 0 Å². The van der Waals surface area contributed by atoms with E-state index in [-0.39, 0.29) is 6.61 Å². The van der Waals surface area contributed by atoms with Crippen molar-refractivity contribution in [2.45, 2.75) is 51.8 Å². The molecule has 0 unspecified atom stereocenters. The Balaban J connectivity index is 1.75. The molecule has 0 spiro atoms. The van der Waals surface area contributed by atoms with E-state index in [4.69, 9.17) is 32.7 Å². The molecule has 2 aromatic carbocycles. The normalized spacial score (nSPS) is 14.5. The summed E-state index contributed by atoms with van der Waals surface area (Å²) in [6.07, 6.45) is 5.17. The van der Waals surface area contributed by atoms with Crippen LogP contribution >= 0.6 is 39.1 Å². The zero-order chi connectivity index (χ0) is 19.2. The number of benzene rings is 2. The van der Waals surface area contributed by atoms with Crippen molar-refractivity contribution >= 4 is 39.1 Å². The first kappa shape index (κ1) is 20.8. The third-order valence-electron chi connectivity index (χ3n) is 4.74. The Labute approximate surface area is 179 Å². The van der Waals surface area contributed by atoms with E-state index in [0.29, 0.717) is 28.4 Å². The van der Waals surface area contributed by atoms with Gasteiger partial charge in [-0.1, -0.05) is 42.1 Å². The van der Waals surface area contributed by atoms with Crippen molar-refractivity contribution < 1.29 is 9.47 Å². The van der Waals surface area contributed by atoms with Gasteiger partial charge in [0.2, 0.25) is 0 Å². The summed E-state index contributed by atoms with van der Waals surface area (Å²) in [7, 11) is 0. The Bertz CT molecular complexity index is 759. The molecule has 3 nitrogen and oxygen atoms in total. The molecule has 0 saturated heterocycles. The quantitative estimate of drug-likeness (QED) is 0.460. The lowest BCUT2D eigenvalue weighted by Crippen LogP contribution is -2.25. The van der Waals surface area contributed by atoms with Gasteiger partial charge in [-0.2, -0.15) is 0 Å². The van der Waals surface area contributed by atoms with E-state index in [1.165, 1.54) is 31.2 Å². The van der Waals surface area contributed by atoms with Gasteiger partial charge in [-0.25, -0.2) is 0 Å². The molecular weight excluding hydrogens is 449 g/mol. The van der Waals surface area contributed by atoms with Gasteiger partial charge < -0.3 is 14.8 Å². The number of rotatable bonds is 8. The van der Waals surface area contributed by atoms with Crippen molar-refractivity contribution in [3.05, 3.63) is 56.0 Å². The van der Waals surface area contributed by atoms with Crippen LogP contribution in [0.25, 0.3) is 0 Å². The molecule has 0 heterocycles. The van der Waals surface area contributed by atoms with E-state index in [2.05, 4.69) is 27.3 Å². The molecular formula is C21H24BrCl2NO2. The minimum atomic E-state index is 0.275. The first-order chi connectivity index (χ1) is 13.1. The molecule has 27 heavy (non-hydrogen) atoms. The Morgan fingerprint density at radius 2 is 1.81 bits per heavy atom. The van der Waals surface area contributed by atoms with Gasteiger partial charge in [0.05, 0.1) is 11.1 Å². The van der Waals surface area contributed by atoms with E-state index < -0.39 is 0 Å². The monoisotopic (exact) mass is 471 g/mol. The van der Waals surface area contributed by atoms with E-state index in [1.54, 1.807) is 0 Å². The van der Waals surface area contributed by atoms with Gasteiger partial charge >= 0.3 is 0 Å². The second-order valence-corrected chi connectivity index (χ2v) is 8.36. The molecule has 1 fully saturated rings. The van der Waals surface area contributed by atoms with Gasteiger partial charge in [0.1, 0.15) is 6.61 Å². The number of ether oxygens (including phenoxy) is 2. The van der Waals surface area contributed by atoms with Gasteiger partial charge in [-0.05, 0) is 65.5 Å². The van der Waals surface area contributed by atoms with Crippen molar-refractivity contribution in [2.75, 3.05) is 6.61 Å². The van der Waals surface area contributed by atoms with Gasteiger partial charge in [0.25, 0.3) is 0 Å². The van der Waals surface area contributed by atoms with Gasteiger partial charge in [0.15, 0.2) is 11.5 Å². The standard InChI is InChI=1S/C21H24BrCl2NO2/c1-2-26-20-11-14(12-25-15-6-3-4-7-15)10-17(22)21(20)27-13-16-18(23)8-5-9-19(16)24/h5,8-11,15,25H,2-4,6-7,12-13H2,1H3. The van der Waals surface area contributed by atoms with Gasteiger partial charge in [-0.15, -0.1) is 0 Å². The maximum absolute atomic E-state index is 6.25. The predicted molar refractivity (Wildman–Crippen MR) is 115 cm³/mol. The summed E-state index contributed by atoms with van der Waals surface area (Å²) < 4.78 is 12.7. The van der Waals surface area contributed by atoms with Crippen molar-refractivity contribution in [1.82, 2.24) is 5.32 Å². The highest BCUT2D eigenvalue weighted by Crippen LogP contribution is 2.38. The van der Waals surface area contributed by atoms with Crippen LogP contribution in [0.2, 0.25) is 10.0 Å². The molecule has 0 atom stereocenters. The van der Waals surface area contributed by atoms with E-state index in [1.807, 2.05) is 31.2 Å². The summed E-state index contributed by atoms with van der Waals surface area (Å²) in [6.45, 7) is 3.62. The summed E-state index contributed by atoms with van der Waals surface area (Å²) in [5.41, 5.74) is 1.93. The highest BCUT2D eigenvalue weighted by molar-refractivity contribution is 9.10. The summed E-state index contributed by atoms with van der Waals surface area (Å²) >= 11 is 16.1. The zero-order valence-corrected chi connectivity index (χ0v) is 18.5. The lowest BCUT2D eigenvalue weighted by Gasteiger charge is -2.17. The van der Waals surface area contributed by atoms with Gasteiger partial charge in [-0.3, -0.25) is 0 Å². The summed E-state index contributed by atoms with van der Waals surface area (Å²) in [6, 6.07) is 10.2. The number of hydrogen-bond donors (Lipinski definition) is 1. The van der Waals surface area contributed by atoms with Crippen molar-refractivity contribution in [1.29, 1.82) is 0 Å². The molecule has 0 radical (unpaired) electrons. The highest BCUT2D eigenvalue weighted by atomic mass is 79.9. The summed E-state index contributed by atoms with van der Waals surface area (Å²) in [4.78, 5) is 0. The summed E-state index contributed by atoms with van der Waals surface area (Å²) in [5.74, 6) is 1.38. The van der Waals surface area contributed by atoms with Crippen LogP contribution in [0.5, 0.6) is 11.5 Å². The topological polar surface area (TPSA) is 30.5 Å². The number of halogens is 3. The minimum absolute atomic E-state index is 0.275. The lowest BCUT2D eigenvalue weighted by atomic mass is 10.1. The second-order valence-electron chi connectivity index (χ2n) is 6.69. The maximum atomic E-state index is 6.25. The average molecular weight is 473 g/mol. The van der Waals surface area contributed by atoms with Crippen LogP contribution in [0.1, 0.15) is 43.7 Å². The molecule has 0 amide bonds. The number of nitrogens with one attached hydrogen (secondary N) is 1. The fourth-order valence-corrected chi connectivity index (χ4v) is 4.44. The van der Waals surface area contributed by atoms with E-state index in [9.17, 15) is 0 Å². The Kier molecular flexibility index (Phi) is 7.71. The second kappa shape index (κ2) is 10.0. The molecule has 1 saturated carbocycles. The first-order valence-electron chi connectivity index (χ1n) is 9.32. The van der Waals surface area contributed by atoms with Crippen LogP contribution in [-0.4, -0.2) is 12.6 Å². The molecule has 6 heteroatoms. The lowest BCUT2D eigenvalue weighted by molar-refractivity contribution is 0.267. The van der Waals surface area contributed by atoms with Crippen LogP contribution in [0, 0.1) is 0 Å². The molecule has 0 aliphatic heterocycles. The largest absolute Gasteiger partial charge is 0.490 e. The number of hydrogen-bond acceptors (Lipinski definition) is 3. The van der Waals surface area contributed by atoms with Crippen molar-refractivity contribution in [2.24, 2.45) is 0 Å². The molecule has 3 rings (SSSR count). The fraction of sp³-hybridized carbons (Fsp3) is 0.429. The molecule has 146 valence electrons. The Hall–Kier alpha value is -0.940. The molecule has 2 aromatic rings. The fourth-order valence-electron chi connectivity index (χ4n) is 3.33. The van der Waals surface area contributed by atoms with Crippen molar-refractivity contribution in [3.8, 4) is 11.5 Å². The zero-order valence-electron chi connectivity index (χ0n) is 15.4. The molecule has 0 aromatic heterocycles. The smallest absolute Gasteiger partial charge is 0.175 e. The van der Waals surface area contributed by atoms with Crippen LogP contribution in [0.3, 0.4) is 0 Å². The van der Waals surface area contributed by atoms with Crippen LogP contribution in [0.15, 0.2) is 34.8 Å². The van der Waals surface area contributed by atoms with E-state index in [0.717, 1.165) is 22.3 Å². The summed E-state index contributed by atoms with van der Waals surface area (Å²) in [5, 5.41) is 4.82. The first-order valence-corrected chi connectivity index (χ1v) is 10.9. The van der Waals surface area contributed by atoms with Crippen molar-refractivity contribution in [3.63, 3.8) is 0 Å². The Morgan fingerprint density at radius 1 is 1.11 bits per heavy atom. The van der Waals surface area contributed by atoms with E-state index >= 15 is 0 Å². The van der Waals surface area contributed by atoms with Crippen LogP contribution in [-0.2, 0) is 13.2 Å². The van der Waals surface area contributed by atoms with Crippen LogP contribution < -0.4 is 14.8 Å². The molecule has 0 bridgehead atoms. The highest BCUT2D eigenvalue weighted by Gasteiger charge is 2.17. The SMILES string of the molecule is CCOc1cc(CNC2CCCC2)cc(Br)c1OCc1c(Cl)cccc1Cl. The third kappa shape index (κ3) is 5.54. The Morgan fingerprint density at radius 3 is 2.48 bits per heavy atom. The molecule has 1 aliphatic carbocycles. The minimum Gasteiger partial charge on any atom is -0.490 e.